The summed E-state index contributed by atoms with van der Waals surface area (Å²) in [6.07, 6.45) is 2.51. The number of thiazole rings is 1. The SMILES string of the molecule is C=CC(F)(F)c1cccc(C(CCCO)C(=O)Nc2ccc(NC(=O)c3cscn3)nc2)c1. The second-order valence-corrected chi connectivity index (χ2v) is 7.84. The molecule has 10 heteroatoms. The van der Waals surface area contributed by atoms with Crippen LogP contribution in [-0.2, 0) is 10.7 Å². The van der Waals surface area contributed by atoms with Gasteiger partial charge in [-0.05, 0) is 42.7 Å². The average Bonchev–Trinajstić information content (AvgIpc) is 3.36. The van der Waals surface area contributed by atoms with Gasteiger partial charge in [-0.3, -0.25) is 9.59 Å². The van der Waals surface area contributed by atoms with Gasteiger partial charge in [0.2, 0.25) is 5.91 Å². The minimum absolute atomic E-state index is 0.138. The Morgan fingerprint density at radius 2 is 2.03 bits per heavy atom. The first-order valence-electron chi connectivity index (χ1n) is 10.0. The largest absolute Gasteiger partial charge is 0.396 e. The number of nitrogens with one attached hydrogen (secondary N) is 2. The van der Waals surface area contributed by atoms with E-state index >= 15 is 0 Å². The molecule has 0 aliphatic heterocycles. The highest BCUT2D eigenvalue weighted by atomic mass is 32.1. The van der Waals surface area contributed by atoms with Crippen LogP contribution in [0.4, 0.5) is 20.3 Å². The molecule has 0 radical (unpaired) electrons. The van der Waals surface area contributed by atoms with Crippen LogP contribution >= 0.6 is 11.3 Å². The Morgan fingerprint density at radius 1 is 1.21 bits per heavy atom. The number of rotatable bonds is 10. The maximum atomic E-state index is 14.0. The topological polar surface area (TPSA) is 104 Å². The van der Waals surface area contributed by atoms with E-state index in [1.54, 1.807) is 23.0 Å². The lowest BCUT2D eigenvalue weighted by molar-refractivity contribution is -0.117. The van der Waals surface area contributed by atoms with Gasteiger partial charge in [0.15, 0.2) is 0 Å². The van der Waals surface area contributed by atoms with Gasteiger partial charge in [0.05, 0.1) is 23.3 Å². The molecule has 3 rings (SSSR count). The van der Waals surface area contributed by atoms with Crippen molar-refractivity contribution < 1.29 is 23.5 Å². The molecule has 172 valence electrons. The third-order valence-corrected chi connectivity index (χ3v) is 5.42. The predicted octanol–water partition coefficient (Wildman–Crippen LogP) is 4.56. The summed E-state index contributed by atoms with van der Waals surface area (Å²) in [7, 11) is 0. The van der Waals surface area contributed by atoms with Crippen LogP contribution in [0.1, 0.15) is 40.4 Å². The van der Waals surface area contributed by atoms with Crippen molar-refractivity contribution >= 4 is 34.7 Å². The molecule has 0 saturated carbocycles. The number of aromatic nitrogens is 2. The number of allylic oxidation sites excluding steroid dienone is 1. The van der Waals surface area contributed by atoms with Crippen molar-refractivity contribution in [1.82, 2.24) is 9.97 Å². The van der Waals surface area contributed by atoms with E-state index in [1.165, 1.54) is 41.8 Å². The van der Waals surface area contributed by atoms with E-state index < -0.39 is 23.7 Å². The third-order valence-electron chi connectivity index (χ3n) is 4.84. The zero-order valence-corrected chi connectivity index (χ0v) is 18.3. The first-order valence-corrected chi connectivity index (χ1v) is 11.0. The zero-order valence-electron chi connectivity index (χ0n) is 17.5. The summed E-state index contributed by atoms with van der Waals surface area (Å²) in [5, 5.41) is 16.1. The number of aliphatic hydroxyl groups is 1. The van der Waals surface area contributed by atoms with Gasteiger partial charge in [0.25, 0.3) is 11.8 Å². The van der Waals surface area contributed by atoms with E-state index in [2.05, 4.69) is 27.2 Å². The van der Waals surface area contributed by atoms with Crippen molar-refractivity contribution in [2.75, 3.05) is 17.2 Å². The maximum Gasteiger partial charge on any atom is 0.291 e. The molecule has 0 aliphatic carbocycles. The van der Waals surface area contributed by atoms with Crippen molar-refractivity contribution in [2.45, 2.75) is 24.7 Å². The van der Waals surface area contributed by atoms with Gasteiger partial charge in [0.1, 0.15) is 11.5 Å². The molecule has 1 unspecified atom stereocenters. The van der Waals surface area contributed by atoms with Crippen LogP contribution in [0.25, 0.3) is 0 Å². The number of aliphatic hydroxyl groups excluding tert-OH is 1. The van der Waals surface area contributed by atoms with E-state index in [9.17, 15) is 23.5 Å². The Bertz CT molecular complexity index is 1110. The minimum Gasteiger partial charge on any atom is -0.396 e. The summed E-state index contributed by atoms with van der Waals surface area (Å²) in [4.78, 5) is 33.0. The van der Waals surface area contributed by atoms with E-state index in [1.807, 2.05) is 0 Å². The number of pyridine rings is 1. The first-order chi connectivity index (χ1) is 15.8. The van der Waals surface area contributed by atoms with Crippen LogP contribution in [0, 0.1) is 0 Å². The van der Waals surface area contributed by atoms with Crippen molar-refractivity contribution in [2.24, 2.45) is 0 Å². The number of hydrogen-bond acceptors (Lipinski definition) is 6. The summed E-state index contributed by atoms with van der Waals surface area (Å²) in [6, 6.07) is 8.69. The Hall–Kier alpha value is -3.50. The molecule has 0 fully saturated rings. The monoisotopic (exact) mass is 472 g/mol. The molecular weight excluding hydrogens is 450 g/mol. The Kier molecular flexibility index (Phi) is 7.96. The van der Waals surface area contributed by atoms with Crippen LogP contribution < -0.4 is 10.6 Å². The number of halogens is 2. The fourth-order valence-electron chi connectivity index (χ4n) is 3.10. The number of carbonyl (C=O) groups is 2. The lowest BCUT2D eigenvalue weighted by Crippen LogP contribution is -2.22. The Labute approximate surface area is 193 Å². The molecule has 3 N–H and O–H groups in total. The Morgan fingerprint density at radius 3 is 2.67 bits per heavy atom. The van der Waals surface area contributed by atoms with Crippen LogP contribution in [0.5, 0.6) is 0 Å². The maximum absolute atomic E-state index is 14.0. The van der Waals surface area contributed by atoms with E-state index in [0.717, 1.165) is 0 Å². The normalized spacial score (nSPS) is 12.1. The molecule has 33 heavy (non-hydrogen) atoms. The molecular formula is C23H22F2N4O3S. The lowest BCUT2D eigenvalue weighted by Gasteiger charge is -2.19. The van der Waals surface area contributed by atoms with Gasteiger partial charge in [-0.1, -0.05) is 24.8 Å². The third kappa shape index (κ3) is 6.27. The first kappa shape index (κ1) is 24.1. The zero-order chi connectivity index (χ0) is 23.8. The molecule has 2 heterocycles. The molecule has 0 bridgehead atoms. The van der Waals surface area contributed by atoms with Gasteiger partial charge in [0, 0.05) is 17.6 Å². The molecule has 2 amide bonds. The average molecular weight is 473 g/mol. The van der Waals surface area contributed by atoms with E-state index in [-0.39, 0.29) is 30.1 Å². The number of alkyl halides is 2. The summed E-state index contributed by atoms with van der Waals surface area (Å²) in [5.74, 6) is -4.54. The summed E-state index contributed by atoms with van der Waals surface area (Å²) in [6.45, 7) is 3.03. The van der Waals surface area contributed by atoms with Gasteiger partial charge in [-0.25, -0.2) is 9.97 Å². The molecule has 1 atom stereocenters. The summed E-state index contributed by atoms with van der Waals surface area (Å²) in [5.41, 5.74) is 2.32. The highest BCUT2D eigenvalue weighted by Gasteiger charge is 2.29. The molecule has 7 nitrogen and oxygen atoms in total. The minimum atomic E-state index is -3.23. The van der Waals surface area contributed by atoms with Gasteiger partial charge >= 0.3 is 0 Å². The van der Waals surface area contributed by atoms with Crippen molar-refractivity contribution in [1.29, 1.82) is 0 Å². The number of amides is 2. The molecule has 0 aliphatic rings. The van der Waals surface area contributed by atoms with Crippen molar-refractivity contribution in [3.8, 4) is 0 Å². The van der Waals surface area contributed by atoms with E-state index in [0.29, 0.717) is 23.7 Å². The molecule has 3 aromatic rings. The number of carbonyl (C=O) groups excluding carboxylic acids is 2. The Balaban J connectivity index is 1.73. The smallest absolute Gasteiger partial charge is 0.291 e. The lowest BCUT2D eigenvalue weighted by atomic mass is 9.91. The second-order valence-electron chi connectivity index (χ2n) is 7.12. The highest BCUT2D eigenvalue weighted by molar-refractivity contribution is 7.07. The van der Waals surface area contributed by atoms with Gasteiger partial charge in [-0.15, -0.1) is 11.3 Å². The fourth-order valence-corrected chi connectivity index (χ4v) is 3.63. The number of hydrogen-bond donors (Lipinski definition) is 3. The predicted molar refractivity (Wildman–Crippen MR) is 123 cm³/mol. The fraction of sp³-hybridized carbons (Fsp3) is 0.217. The molecule has 0 spiro atoms. The molecule has 0 saturated heterocycles. The van der Waals surface area contributed by atoms with Crippen LogP contribution in [-0.4, -0.2) is 33.5 Å². The molecule has 1 aromatic carbocycles. The number of benzene rings is 1. The van der Waals surface area contributed by atoms with Crippen molar-refractivity contribution in [3.63, 3.8) is 0 Å². The second kappa shape index (κ2) is 10.9. The van der Waals surface area contributed by atoms with Crippen LogP contribution in [0.15, 0.2) is 66.1 Å². The summed E-state index contributed by atoms with van der Waals surface area (Å²) >= 11 is 1.30. The highest BCUT2D eigenvalue weighted by Crippen LogP contribution is 2.32. The van der Waals surface area contributed by atoms with Crippen LogP contribution in [0.3, 0.4) is 0 Å². The van der Waals surface area contributed by atoms with E-state index in [4.69, 9.17) is 0 Å². The van der Waals surface area contributed by atoms with Gasteiger partial charge < -0.3 is 15.7 Å². The summed E-state index contributed by atoms with van der Waals surface area (Å²) < 4.78 is 28.1. The molecule has 2 aromatic heterocycles. The number of anilines is 2. The number of nitrogens with zero attached hydrogens (tertiary/aromatic N) is 2. The standard InChI is InChI=1S/C23H22F2N4O3S/c1-2-23(24,25)16-6-3-5-15(11-16)18(7-4-10-30)21(31)28-17-8-9-20(26-12-17)29-22(32)19-13-33-14-27-19/h2-3,5-6,8-9,11-14,18,30H,1,4,7,10H2,(H,28,31)(H,26,29,32). The van der Waals surface area contributed by atoms with Gasteiger partial charge in [-0.2, -0.15) is 8.78 Å². The van der Waals surface area contributed by atoms with Crippen molar-refractivity contribution in [3.05, 3.63) is 83.0 Å². The quantitative estimate of drug-likeness (QED) is 0.375. The van der Waals surface area contributed by atoms with Crippen LogP contribution in [0.2, 0.25) is 0 Å².